The fourth-order valence-corrected chi connectivity index (χ4v) is 2.51. The first-order valence-corrected chi connectivity index (χ1v) is 8.37. The van der Waals surface area contributed by atoms with Gasteiger partial charge in [0.25, 0.3) is 0 Å². The molecule has 0 amide bonds. The number of rotatable bonds is 6. The van der Waals surface area contributed by atoms with Crippen molar-refractivity contribution in [2.24, 2.45) is 4.99 Å². The van der Waals surface area contributed by atoms with Gasteiger partial charge in [-0.3, -0.25) is 4.99 Å². The minimum absolute atomic E-state index is 0.0439. The molecule has 0 aromatic heterocycles. The zero-order chi connectivity index (χ0) is 16.5. The molecule has 0 aliphatic carbocycles. The quantitative estimate of drug-likeness (QED) is 0.537. The van der Waals surface area contributed by atoms with E-state index in [1.54, 1.807) is 7.05 Å². The second-order valence-corrected chi connectivity index (χ2v) is 6.14. The molecule has 0 saturated heterocycles. The molecule has 1 atom stereocenters. The summed E-state index contributed by atoms with van der Waals surface area (Å²) in [6.45, 7) is 1.42. The number of aliphatic imine (C=N–C) groups is 1. The van der Waals surface area contributed by atoms with E-state index in [-0.39, 0.29) is 12.5 Å². The highest BCUT2D eigenvalue weighted by Crippen LogP contribution is 2.13. The highest BCUT2D eigenvalue weighted by Gasteiger charge is 2.10. The number of nitrogens with one attached hydrogen (secondary N) is 2. The number of halogens is 1. The molecule has 5 heteroatoms. The lowest BCUT2D eigenvalue weighted by molar-refractivity contribution is 0.265. The van der Waals surface area contributed by atoms with Gasteiger partial charge < -0.3 is 15.7 Å². The van der Waals surface area contributed by atoms with Crippen molar-refractivity contribution in [1.29, 1.82) is 0 Å². The first-order chi connectivity index (χ1) is 11.2. The Morgan fingerprint density at radius 2 is 1.78 bits per heavy atom. The molecule has 0 spiro atoms. The maximum atomic E-state index is 9.59. The molecule has 23 heavy (non-hydrogen) atoms. The van der Waals surface area contributed by atoms with E-state index in [2.05, 4.69) is 43.7 Å². The SMILES string of the molecule is CN=C(NCc1ccc(Br)cc1)NCC(CO)c1ccccc1. The van der Waals surface area contributed by atoms with E-state index in [4.69, 9.17) is 0 Å². The number of hydrogen-bond donors (Lipinski definition) is 3. The van der Waals surface area contributed by atoms with Gasteiger partial charge in [-0.05, 0) is 23.3 Å². The Hall–Kier alpha value is -1.85. The summed E-state index contributed by atoms with van der Waals surface area (Å²) >= 11 is 3.43. The molecule has 122 valence electrons. The van der Waals surface area contributed by atoms with Gasteiger partial charge in [-0.25, -0.2) is 0 Å². The molecular weight excluding hydrogens is 354 g/mol. The first kappa shape index (κ1) is 17.5. The molecule has 2 rings (SSSR count). The Morgan fingerprint density at radius 1 is 1.09 bits per heavy atom. The molecule has 1 unspecified atom stereocenters. The number of guanidine groups is 1. The molecule has 0 aliphatic rings. The van der Waals surface area contributed by atoms with Gasteiger partial charge in [-0.1, -0.05) is 58.4 Å². The molecule has 2 aromatic carbocycles. The summed E-state index contributed by atoms with van der Waals surface area (Å²) in [5.74, 6) is 0.768. The predicted molar refractivity (Wildman–Crippen MR) is 98.6 cm³/mol. The van der Waals surface area contributed by atoms with Gasteiger partial charge in [0, 0.05) is 30.5 Å². The maximum Gasteiger partial charge on any atom is 0.191 e. The van der Waals surface area contributed by atoms with Crippen LogP contribution in [-0.2, 0) is 6.54 Å². The molecule has 0 aliphatic heterocycles. The van der Waals surface area contributed by atoms with Crippen molar-refractivity contribution in [2.75, 3.05) is 20.2 Å². The number of hydrogen-bond acceptors (Lipinski definition) is 2. The van der Waals surface area contributed by atoms with Crippen LogP contribution >= 0.6 is 15.9 Å². The van der Waals surface area contributed by atoms with E-state index < -0.39 is 0 Å². The first-order valence-electron chi connectivity index (χ1n) is 7.57. The fourth-order valence-electron chi connectivity index (χ4n) is 2.24. The minimum Gasteiger partial charge on any atom is -0.396 e. The van der Waals surface area contributed by atoms with Gasteiger partial charge in [0.15, 0.2) is 5.96 Å². The third-order valence-electron chi connectivity index (χ3n) is 3.60. The number of aliphatic hydroxyl groups is 1. The Kier molecular flexibility index (Phi) is 7.10. The second-order valence-electron chi connectivity index (χ2n) is 5.22. The summed E-state index contributed by atoms with van der Waals surface area (Å²) in [6, 6.07) is 18.2. The third-order valence-corrected chi connectivity index (χ3v) is 4.13. The number of aliphatic hydroxyl groups excluding tert-OH is 1. The van der Waals surface area contributed by atoms with Crippen LogP contribution in [0.1, 0.15) is 17.0 Å². The largest absolute Gasteiger partial charge is 0.396 e. The summed E-state index contributed by atoms with van der Waals surface area (Å²) < 4.78 is 1.07. The average Bonchev–Trinajstić information content (AvgIpc) is 2.60. The van der Waals surface area contributed by atoms with Gasteiger partial charge in [-0.2, -0.15) is 0 Å². The molecular formula is C18H22BrN3O. The topological polar surface area (TPSA) is 56.7 Å². The lowest BCUT2D eigenvalue weighted by Gasteiger charge is -2.18. The molecule has 0 heterocycles. The summed E-state index contributed by atoms with van der Waals surface area (Å²) in [7, 11) is 1.74. The van der Waals surface area contributed by atoms with Crippen molar-refractivity contribution in [3.8, 4) is 0 Å². The molecule has 0 saturated carbocycles. The number of benzene rings is 2. The second kappa shape index (κ2) is 9.33. The maximum absolute atomic E-state index is 9.59. The average molecular weight is 376 g/mol. The molecule has 0 radical (unpaired) electrons. The van der Waals surface area contributed by atoms with E-state index in [1.807, 2.05) is 42.5 Å². The lowest BCUT2D eigenvalue weighted by atomic mass is 10.0. The van der Waals surface area contributed by atoms with E-state index in [9.17, 15) is 5.11 Å². The van der Waals surface area contributed by atoms with E-state index in [0.29, 0.717) is 13.1 Å². The van der Waals surface area contributed by atoms with Crippen molar-refractivity contribution in [2.45, 2.75) is 12.5 Å². The zero-order valence-corrected chi connectivity index (χ0v) is 14.8. The monoisotopic (exact) mass is 375 g/mol. The Labute approximate surface area is 145 Å². The van der Waals surface area contributed by atoms with E-state index >= 15 is 0 Å². The molecule has 3 N–H and O–H groups in total. The minimum atomic E-state index is 0.0439. The van der Waals surface area contributed by atoms with Crippen molar-refractivity contribution in [3.05, 3.63) is 70.2 Å². The van der Waals surface area contributed by atoms with Gasteiger partial charge in [0.1, 0.15) is 0 Å². The molecule has 2 aromatic rings. The summed E-state index contributed by atoms with van der Waals surface area (Å²) in [5.41, 5.74) is 2.30. The normalized spacial score (nSPS) is 12.7. The summed E-state index contributed by atoms with van der Waals surface area (Å²) in [4.78, 5) is 4.22. The van der Waals surface area contributed by atoms with Crippen molar-refractivity contribution >= 4 is 21.9 Å². The number of nitrogens with zero attached hydrogens (tertiary/aromatic N) is 1. The van der Waals surface area contributed by atoms with Crippen LogP contribution < -0.4 is 10.6 Å². The van der Waals surface area contributed by atoms with Crippen LogP contribution in [0.25, 0.3) is 0 Å². The van der Waals surface area contributed by atoms with Crippen LogP contribution in [-0.4, -0.2) is 31.3 Å². The standard InChI is InChI=1S/C18H22BrN3O/c1-20-18(21-11-14-7-9-17(19)10-8-14)22-12-16(13-23)15-5-3-2-4-6-15/h2-10,16,23H,11-13H2,1H3,(H2,20,21,22). The smallest absolute Gasteiger partial charge is 0.191 e. The van der Waals surface area contributed by atoms with Crippen LogP contribution in [0, 0.1) is 0 Å². The molecule has 0 bridgehead atoms. The highest BCUT2D eigenvalue weighted by atomic mass is 79.9. The Bertz CT molecular complexity index is 614. The molecule has 0 fully saturated rings. The van der Waals surface area contributed by atoms with E-state index in [1.165, 1.54) is 5.56 Å². The van der Waals surface area contributed by atoms with E-state index in [0.717, 1.165) is 16.0 Å². The zero-order valence-electron chi connectivity index (χ0n) is 13.2. The third kappa shape index (κ3) is 5.69. The van der Waals surface area contributed by atoms with Gasteiger partial charge in [-0.15, -0.1) is 0 Å². The van der Waals surface area contributed by atoms with Crippen molar-refractivity contribution in [1.82, 2.24) is 10.6 Å². The van der Waals surface area contributed by atoms with Gasteiger partial charge >= 0.3 is 0 Å². The molecule has 4 nitrogen and oxygen atoms in total. The van der Waals surface area contributed by atoms with Crippen LogP contribution in [0.5, 0.6) is 0 Å². The van der Waals surface area contributed by atoms with Crippen LogP contribution in [0.15, 0.2) is 64.1 Å². The van der Waals surface area contributed by atoms with Crippen LogP contribution in [0.4, 0.5) is 0 Å². The Balaban J connectivity index is 1.85. The highest BCUT2D eigenvalue weighted by molar-refractivity contribution is 9.10. The summed E-state index contributed by atoms with van der Waals surface area (Å²) in [6.07, 6.45) is 0. The van der Waals surface area contributed by atoms with Crippen LogP contribution in [0.2, 0.25) is 0 Å². The van der Waals surface area contributed by atoms with Gasteiger partial charge in [0.2, 0.25) is 0 Å². The van der Waals surface area contributed by atoms with Crippen LogP contribution in [0.3, 0.4) is 0 Å². The van der Waals surface area contributed by atoms with Crippen molar-refractivity contribution in [3.63, 3.8) is 0 Å². The Morgan fingerprint density at radius 3 is 2.39 bits per heavy atom. The van der Waals surface area contributed by atoms with Crippen molar-refractivity contribution < 1.29 is 5.11 Å². The lowest BCUT2D eigenvalue weighted by Crippen LogP contribution is -2.39. The summed E-state index contributed by atoms with van der Waals surface area (Å²) in [5, 5.41) is 16.1. The fraction of sp³-hybridized carbons (Fsp3) is 0.278. The predicted octanol–water partition coefficient (Wildman–Crippen LogP) is 2.89. The van der Waals surface area contributed by atoms with Gasteiger partial charge in [0.05, 0.1) is 6.61 Å².